The van der Waals surface area contributed by atoms with E-state index in [9.17, 15) is 0 Å². The highest BCUT2D eigenvalue weighted by molar-refractivity contribution is 7.19. The minimum absolute atomic E-state index is 0.805. The summed E-state index contributed by atoms with van der Waals surface area (Å²) >= 11 is 3.63. The van der Waals surface area contributed by atoms with E-state index in [1.807, 2.05) is 46.9 Å². The van der Waals surface area contributed by atoms with Crippen LogP contribution in [0.1, 0.15) is 11.1 Å². The van der Waals surface area contributed by atoms with E-state index in [4.69, 9.17) is 10.5 Å². The lowest BCUT2D eigenvalue weighted by atomic mass is 10.1. The van der Waals surface area contributed by atoms with Gasteiger partial charge in [0.25, 0.3) is 0 Å². The van der Waals surface area contributed by atoms with Crippen LogP contribution in [0, 0.1) is 13.8 Å². The molecule has 0 aliphatic heterocycles. The number of hydrogen-bond acceptors (Lipinski definition) is 4. The second-order valence-electron chi connectivity index (χ2n) is 9.41. The summed E-state index contributed by atoms with van der Waals surface area (Å²) in [6.45, 7) is 4.22. The molecule has 39 heavy (non-hydrogen) atoms. The van der Waals surface area contributed by atoms with Crippen LogP contribution in [0.5, 0.6) is 5.75 Å². The van der Waals surface area contributed by atoms with E-state index in [0.717, 1.165) is 11.4 Å². The van der Waals surface area contributed by atoms with Crippen molar-refractivity contribution in [3.05, 3.63) is 132 Å². The van der Waals surface area contributed by atoms with Gasteiger partial charge in [0.2, 0.25) is 0 Å². The monoisotopic (exact) mass is 545 g/mol. The quantitative estimate of drug-likeness (QED) is 0.219. The van der Waals surface area contributed by atoms with Gasteiger partial charge in [-0.1, -0.05) is 71.8 Å². The van der Waals surface area contributed by atoms with Crippen molar-refractivity contribution in [1.29, 1.82) is 0 Å². The van der Waals surface area contributed by atoms with Crippen molar-refractivity contribution < 1.29 is 4.74 Å². The molecule has 0 atom stereocenters. The highest BCUT2D eigenvalue weighted by Crippen LogP contribution is 2.36. The first-order chi connectivity index (χ1) is 19.0. The van der Waals surface area contributed by atoms with E-state index in [2.05, 4.69) is 111 Å². The highest BCUT2D eigenvalue weighted by Gasteiger charge is 2.06. The van der Waals surface area contributed by atoms with Crippen LogP contribution in [0.3, 0.4) is 0 Å². The molecule has 0 aliphatic rings. The molecule has 0 unspecified atom stereocenters. The average molecular weight is 546 g/mol. The first kappa shape index (κ1) is 26.5. The van der Waals surface area contributed by atoms with Crippen molar-refractivity contribution in [3.8, 4) is 47.5 Å². The summed E-state index contributed by atoms with van der Waals surface area (Å²) < 4.78 is 5.19. The molecule has 0 radical (unpaired) electrons. The van der Waals surface area contributed by atoms with E-state index < -0.39 is 0 Å². The van der Waals surface area contributed by atoms with E-state index in [-0.39, 0.29) is 0 Å². The first-order valence-electron chi connectivity index (χ1n) is 12.8. The van der Waals surface area contributed by atoms with Crippen molar-refractivity contribution in [1.82, 2.24) is 0 Å². The summed E-state index contributed by atoms with van der Waals surface area (Å²) in [5.74, 6) is 0.893. The highest BCUT2D eigenvalue weighted by atomic mass is 32.1. The Kier molecular flexibility index (Phi) is 8.26. The molecule has 4 heteroatoms. The van der Waals surface area contributed by atoms with Gasteiger partial charge in [0.05, 0.1) is 7.11 Å². The Morgan fingerprint density at radius 1 is 0.436 bits per heavy atom. The van der Waals surface area contributed by atoms with Crippen LogP contribution in [-0.2, 0) is 0 Å². The van der Waals surface area contributed by atoms with E-state index in [1.54, 1.807) is 7.11 Å². The van der Waals surface area contributed by atoms with Crippen molar-refractivity contribution in [3.63, 3.8) is 0 Å². The Labute approximate surface area is 239 Å². The molecule has 0 saturated carbocycles. The zero-order chi connectivity index (χ0) is 27.2. The summed E-state index contributed by atoms with van der Waals surface area (Å²) in [6.07, 6.45) is 0. The fourth-order valence-electron chi connectivity index (χ4n) is 4.13. The number of nitrogen functional groups attached to an aromatic ring is 1. The summed E-state index contributed by atoms with van der Waals surface area (Å²) in [5.41, 5.74) is 14.1. The Balaban J connectivity index is 0.000000158. The third-order valence-corrected chi connectivity index (χ3v) is 8.82. The second kappa shape index (κ2) is 12.2. The van der Waals surface area contributed by atoms with Crippen molar-refractivity contribution in [2.75, 3.05) is 12.8 Å². The molecule has 2 heterocycles. The third-order valence-electron chi connectivity index (χ3n) is 6.45. The van der Waals surface area contributed by atoms with E-state index >= 15 is 0 Å². The number of methoxy groups -OCH3 is 1. The molecule has 2 N–H and O–H groups in total. The number of hydrogen-bond donors (Lipinski definition) is 1. The van der Waals surface area contributed by atoms with Gasteiger partial charge < -0.3 is 10.5 Å². The lowest BCUT2D eigenvalue weighted by Gasteiger charge is -2.01. The zero-order valence-corrected chi connectivity index (χ0v) is 24.0. The van der Waals surface area contributed by atoms with Crippen molar-refractivity contribution >= 4 is 28.4 Å². The molecule has 6 rings (SSSR count). The van der Waals surface area contributed by atoms with E-state index in [1.165, 1.54) is 52.9 Å². The maximum absolute atomic E-state index is 5.72. The first-order valence-corrected chi connectivity index (χ1v) is 14.5. The van der Waals surface area contributed by atoms with Crippen LogP contribution in [0.25, 0.3) is 41.8 Å². The smallest absolute Gasteiger partial charge is 0.118 e. The van der Waals surface area contributed by atoms with Crippen LogP contribution < -0.4 is 10.5 Å². The molecule has 0 saturated heterocycles. The van der Waals surface area contributed by atoms with Gasteiger partial charge in [-0.2, -0.15) is 0 Å². The molecule has 194 valence electrons. The predicted molar refractivity (Wildman–Crippen MR) is 171 cm³/mol. The molecule has 4 aromatic carbocycles. The standard InChI is InChI=1S/C18H16OS.C17H15NS/c1-13-3-5-14(6-4-13)17-11-12-18(20-17)15-7-9-16(19-2)10-8-15;1-12-2-4-13(5-3-12)16-10-11-17(19-16)14-6-8-15(18)9-7-14/h3-12H,1-2H3;2-11H,18H2,1H3. The molecule has 0 amide bonds. The Hall–Kier alpha value is -4.12. The minimum Gasteiger partial charge on any atom is -0.497 e. The van der Waals surface area contributed by atoms with Crippen molar-refractivity contribution in [2.24, 2.45) is 0 Å². The molecule has 6 aromatic rings. The Bertz CT molecular complexity index is 1570. The molecule has 2 nitrogen and oxygen atoms in total. The van der Waals surface area contributed by atoms with Gasteiger partial charge in [-0.15, -0.1) is 22.7 Å². The Morgan fingerprint density at radius 3 is 1.08 bits per heavy atom. The Morgan fingerprint density at radius 2 is 0.744 bits per heavy atom. The average Bonchev–Trinajstić information content (AvgIpc) is 3.66. The molecule has 2 aromatic heterocycles. The number of nitrogens with two attached hydrogens (primary N) is 1. The fourth-order valence-corrected chi connectivity index (χ4v) is 6.17. The second-order valence-corrected chi connectivity index (χ2v) is 11.6. The normalized spacial score (nSPS) is 10.5. The lowest BCUT2D eigenvalue weighted by Crippen LogP contribution is -1.82. The molecule has 0 fully saturated rings. The molecular formula is C35H31NOS2. The lowest BCUT2D eigenvalue weighted by molar-refractivity contribution is 0.415. The van der Waals surface area contributed by atoms with Gasteiger partial charge in [-0.25, -0.2) is 0 Å². The zero-order valence-electron chi connectivity index (χ0n) is 22.3. The number of anilines is 1. The summed E-state index contributed by atoms with van der Waals surface area (Å²) in [6, 6.07) is 42.3. The largest absolute Gasteiger partial charge is 0.497 e. The van der Waals surface area contributed by atoms with E-state index in [0.29, 0.717) is 0 Å². The number of ether oxygens (including phenoxy) is 1. The number of rotatable bonds is 5. The van der Waals surface area contributed by atoms with Crippen LogP contribution in [-0.4, -0.2) is 7.11 Å². The van der Waals surface area contributed by atoms with Gasteiger partial charge >= 0.3 is 0 Å². The molecule has 0 aliphatic carbocycles. The summed E-state index contributed by atoms with van der Waals surface area (Å²) in [5, 5.41) is 0. The molecular weight excluding hydrogens is 515 g/mol. The van der Waals surface area contributed by atoms with Gasteiger partial charge in [0, 0.05) is 25.2 Å². The number of thiophene rings is 2. The fraction of sp³-hybridized carbons (Fsp3) is 0.0857. The number of benzene rings is 4. The SMILES string of the molecule is COc1ccc(-c2ccc(-c3ccc(C)cc3)s2)cc1.Cc1ccc(-c2ccc(-c3ccc(N)cc3)s2)cc1. The van der Waals surface area contributed by atoms with Gasteiger partial charge in [-0.05, 0) is 96.8 Å². The van der Waals surface area contributed by atoms with Crippen LogP contribution in [0.4, 0.5) is 5.69 Å². The van der Waals surface area contributed by atoms with Crippen LogP contribution >= 0.6 is 22.7 Å². The maximum Gasteiger partial charge on any atom is 0.118 e. The van der Waals surface area contributed by atoms with Crippen LogP contribution in [0.2, 0.25) is 0 Å². The summed E-state index contributed by atoms with van der Waals surface area (Å²) in [7, 11) is 1.69. The molecule has 0 bridgehead atoms. The minimum atomic E-state index is 0.805. The predicted octanol–water partition coefficient (Wildman–Crippen LogP) is 10.4. The van der Waals surface area contributed by atoms with Gasteiger partial charge in [0.15, 0.2) is 0 Å². The number of aryl methyl sites for hydroxylation is 2. The third kappa shape index (κ3) is 6.66. The summed E-state index contributed by atoms with van der Waals surface area (Å²) in [4.78, 5) is 5.15. The van der Waals surface area contributed by atoms with Crippen LogP contribution in [0.15, 0.2) is 121 Å². The topological polar surface area (TPSA) is 35.2 Å². The molecule has 0 spiro atoms. The maximum atomic E-state index is 5.72. The van der Waals surface area contributed by atoms with Crippen molar-refractivity contribution in [2.45, 2.75) is 13.8 Å². The van der Waals surface area contributed by atoms with Gasteiger partial charge in [-0.3, -0.25) is 0 Å². The van der Waals surface area contributed by atoms with Gasteiger partial charge in [0.1, 0.15) is 5.75 Å².